The Bertz CT molecular complexity index is 1340. The number of hydrogen-bond donors (Lipinski definition) is 4. The first-order valence-electron chi connectivity index (χ1n) is 16.0. The molecule has 5 atom stereocenters. The summed E-state index contributed by atoms with van der Waals surface area (Å²) >= 11 is 0. The van der Waals surface area contributed by atoms with Gasteiger partial charge in [-0.3, -0.25) is 0 Å². The lowest BCUT2D eigenvalue weighted by Crippen LogP contribution is -2.60. The van der Waals surface area contributed by atoms with Gasteiger partial charge in [0.2, 0.25) is 5.95 Å². The van der Waals surface area contributed by atoms with Gasteiger partial charge >= 0.3 is 6.18 Å². The minimum Gasteiger partial charge on any atom is -0.484 e. The number of aliphatic hydroxyl groups is 1. The minimum absolute atomic E-state index is 0.144. The number of nitrogens with zero attached hydrogens (tertiary/aromatic N) is 3. The molecule has 5 aliphatic rings. The largest absolute Gasteiger partial charge is 0.484 e. The molecule has 0 amide bonds. The van der Waals surface area contributed by atoms with Gasteiger partial charge in [-0.25, -0.2) is 4.98 Å². The highest BCUT2D eigenvalue weighted by Crippen LogP contribution is 2.60. The van der Waals surface area contributed by atoms with E-state index in [0.29, 0.717) is 40.7 Å². The third-order valence-corrected chi connectivity index (χ3v) is 10.6. The molecule has 7 rings (SSSR count). The first-order chi connectivity index (χ1) is 21.0. The maximum Gasteiger partial charge on any atom is 0.422 e. The number of anilines is 2. The van der Waals surface area contributed by atoms with Crippen LogP contribution in [0.2, 0.25) is 0 Å². The molecule has 1 aromatic heterocycles. The van der Waals surface area contributed by atoms with Crippen molar-refractivity contribution in [2.45, 2.75) is 89.1 Å². The number of hydrogen-bond acceptors (Lipinski definition) is 8. The van der Waals surface area contributed by atoms with E-state index in [2.05, 4.69) is 32.0 Å². The van der Waals surface area contributed by atoms with Gasteiger partial charge < -0.3 is 25.8 Å². The fourth-order valence-corrected chi connectivity index (χ4v) is 8.63. The highest BCUT2D eigenvalue weighted by molar-refractivity contribution is 5.53. The van der Waals surface area contributed by atoms with Crippen LogP contribution < -0.4 is 20.7 Å². The van der Waals surface area contributed by atoms with E-state index in [4.69, 9.17) is 4.74 Å². The van der Waals surface area contributed by atoms with Gasteiger partial charge in [0.15, 0.2) is 6.61 Å². The van der Waals surface area contributed by atoms with Crippen molar-refractivity contribution in [2.75, 3.05) is 30.3 Å². The molecule has 0 saturated heterocycles. The summed E-state index contributed by atoms with van der Waals surface area (Å²) in [5.74, 6) is 3.62. The van der Waals surface area contributed by atoms with Crippen LogP contribution in [0.25, 0.3) is 0 Å². The van der Waals surface area contributed by atoms with Crippen molar-refractivity contribution in [1.29, 1.82) is 5.26 Å². The van der Waals surface area contributed by atoms with Crippen LogP contribution in [0.4, 0.5) is 24.9 Å². The predicted octanol–water partition coefficient (Wildman–Crippen LogP) is 6.04. The molecule has 4 N–H and O–H groups in total. The lowest BCUT2D eigenvalue weighted by atomic mass is 9.48. The molecule has 8 nitrogen and oxygen atoms in total. The molecular formula is C33H43F3N6O2. The van der Waals surface area contributed by atoms with Crippen LogP contribution >= 0.6 is 0 Å². The van der Waals surface area contributed by atoms with Gasteiger partial charge in [-0.1, -0.05) is 18.2 Å². The van der Waals surface area contributed by atoms with E-state index in [1.165, 1.54) is 31.5 Å². The fraction of sp³-hybridized carbons (Fsp3) is 0.667. The summed E-state index contributed by atoms with van der Waals surface area (Å²) in [5, 5.41) is 30.6. The standard InChI is InChI=1S/C33H43F3N6O2/c1-31(43)8-6-21(7-9-31)16-38-28-24-10-22-11-25(28)14-32(12-22,13-24)19-41-29-26(15-37)18-40-30(42-29)39-17-23-4-2-3-5-27(23)44-20-33(34,35)36/h2-5,18,21-22,24-25,28,38,43H,6-14,16-17,19-20H2,1H3,(H2,39,40,41,42)/t21-,22?,24-,25+,28-,31+,32-. The van der Waals surface area contributed by atoms with E-state index in [0.717, 1.165) is 57.5 Å². The molecule has 5 saturated carbocycles. The second-order valence-electron chi connectivity index (χ2n) is 14.1. The molecule has 0 aliphatic heterocycles. The summed E-state index contributed by atoms with van der Waals surface area (Å²) in [6.45, 7) is 2.56. The third kappa shape index (κ3) is 7.23. The first-order valence-corrected chi connectivity index (χ1v) is 16.0. The Morgan fingerprint density at radius 1 is 1.09 bits per heavy atom. The number of ether oxygens (including phenoxy) is 1. The smallest absolute Gasteiger partial charge is 0.422 e. The van der Waals surface area contributed by atoms with Crippen molar-refractivity contribution in [3.8, 4) is 11.8 Å². The Balaban J connectivity index is 1.06. The second kappa shape index (κ2) is 12.4. The number of rotatable bonds is 11. The quantitative estimate of drug-likeness (QED) is 0.243. The van der Waals surface area contributed by atoms with Gasteiger partial charge in [-0.15, -0.1) is 0 Å². The highest BCUT2D eigenvalue weighted by Gasteiger charge is 2.55. The van der Waals surface area contributed by atoms with E-state index in [1.807, 2.05) is 6.92 Å². The molecule has 0 spiro atoms. The zero-order valence-electron chi connectivity index (χ0n) is 25.3. The van der Waals surface area contributed by atoms with Gasteiger partial charge in [0.05, 0.1) is 11.8 Å². The number of nitriles is 1. The summed E-state index contributed by atoms with van der Waals surface area (Å²) in [6, 6.07) is 9.30. The Morgan fingerprint density at radius 3 is 2.52 bits per heavy atom. The fourth-order valence-electron chi connectivity index (χ4n) is 8.63. The topological polar surface area (TPSA) is 115 Å². The number of alkyl halides is 3. The molecule has 1 aromatic carbocycles. The number of para-hydroxylation sites is 1. The maximum absolute atomic E-state index is 12.7. The van der Waals surface area contributed by atoms with E-state index >= 15 is 0 Å². The van der Waals surface area contributed by atoms with E-state index in [1.54, 1.807) is 18.2 Å². The third-order valence-electron chi connectivity index (χ3n) is 10.6. The minimum atomic E-state index is -4.43. The van der Waals surface area contributed by atoms with E-state index in [9.17, 15) is 23.5 Å². The molecule has 2 aromatic rings. The summed E-state index contributed by atoms with van der Waals surface area (Å²) < 4.78 is 43.1. The predicted molar refractivity (Wildman–Crippen MR) is 161 cm³/mol. The molecule has 0 radical (unpaired) electrons. The molecule has 1 unspecified atom stereocenters. The van der Waals surface area contributed by atoms with Gasteiger partial charge in [-0.2, -0.15) is 23.4 Å². The molecule has 1 heterocycles. The number of benzene rings is 1. The maximum atomic E-state index is 12.7. The molecule has 238 valence electrons. The van der Waals surface area contributed by atoms with E-state index < -0.39 is 18.4 Å². The number of halogens is 3. The first kappa shape index (κ1) is 30.9. The molecule has 5 aliphatic carbocycles. The van der Waals surface area contributed by atoms with Crippen LogP contribution in [0.5, 0.6) is 5.75 Å². The molecule has 11 heteroatoms. The van der Waals surface area contributed by atoms with Crippen LogP contribution in [0.15, 0.2) is 30.5 Å². The molecule has 4 bridgehead atoms. The van der Waals surface area contributed by atoms with Gasteiger partial charge in [0.25, 0.3) is 0 Å². The van der Waals surface area contributed by atoms with Crippen LogP contribution in [0.1, 0.15) is 75.8 Å². The molecule has 5 fully saturated rings. The Kier molecular flexibility index (Phi) is 8.68. The van der Waals surface area contributed by atoms with Crippen LogP contribution in [-0.2, 0) is 6.54 Å². The molecule has 44 heavy (non-hydrogen) atoms. The Labute approximate surface area is 257 Å². The monoisotopic (exact) mass is 612 g/mol. The highest BCUT2D eigenvalue weighted by atomic mass is 19.4. The normalized spacial score (nSPS) is 32.7. The van der Waals surface area contributed by atoms with Crippen LogP contribution in [-0.4, -0.2) is 52.6 Å². The van der Waals surface area contributed by atoms with Crippen LogP contribution in [0, 0.1) is 40.4 Å². The average Bonchev–Trinajstić information content (AvgIpc) is 2.98. The van der Waals surface area contributed by atoms with Gasteiger partial charge in [-0.05, 0) is 106 Å². The molecular weight excluding hydrogens is 569 g/mol. The van der Waals surface area contributed by atoms with Gasteiger partial charge in [0, 0.05) is 24.7 Å². The summed E-state index contributed by atoms with van der Waals surface area (Å²) in [4.78, 5) is 8.85. The Morgan fingerprint density at radius 2 is 1.82 bits per heavy atom. The number of nitrogens with one attached hydrogen (secondary N) is 3. The summed E-state index contributed by atoms with van der Waals surface area (Å²) in [6.07, 6.45) is 7.12. The summed E-state index contributed by atoms with van der Waals surface area (Å²) in [5.41, 5.74) is 0.592. The van der Waals surface area contributed by atoms with Gasteiger partial charge in [0.1, 0.15) is 23.2 Å². The lowest BCUT2D eigenvalue weighted by molar-refractivity contribution is -0.153. The Hall–Kier alpha value is -3.10. The zero-order chi connectivity index (χ0) is 31.0. The van der Waals surface area contributed by atoms with Crippen molar-refractivity contribution in [2.24, 2.45) is 29.1 Å². The van der Waals surface area contributed by atoms with Crippen molar-refractivity contribution < 1.29 is 23.0 Å². The zero-order valence-corrected chi connectivity index (χ0v) is 25.3. The number of aromatic nitrogens is 2. The van der Waals surface area contributed by atoms with Crippen molar-refractivity contribution in [3.63, 3.8) is 0 Å². The SMILES string of the molecule is C[C@]1(O)CC[C@@H](CN[C@@H]2[C@@H]3CC4C[C@H]2C[C@@](CNc2nc(NCc5ccccc5OCC(F)(F)F)ncc2C#N)(C4)C3)CC1. The summed E-state index contributed by atoms with van der Waals surface area (Å²) in [7, 11) is 0. The average molecular weight is 613 g/mol. The van der Waals surface area contributed by atoms with Crippen molar-refractivity contribution >= 4 is 11.8 Å². The lowest BCUT2D eigenvalue weighted by Gasteiger charge is -2.60. The van der Waals surface area contributed by atoms with Crippen molar-refractivity contribution in [3.05, 3.63) is 41.6 Å². The van der Waals surface area contributed by atoms with Crippen molar-refractivity contribution in [1.82, 2.24) is 15.3 Å². The second-order valence-corrected chi connectivity index (χ2v) is 14.1. The van der Waals surface area contributed by atoms with Crippen LogP contribution in [0.3, 0.4) is 0 Å². The van der Waals surface area contributed by atoms with E-state index in [-0.39, 0.29) is 23.7 Å².